The number of ether oxygens (including phenoxy) is 1. The highest BCUT2D eigenvalue weighted by atomic mass is 19.4. The monoisotopic (exact) mass is 521 g/mol. The van der Waals surface area contributed by atoms with Gasteiger partial charge in [0.05, 0.1) is 17.3 Å². The minimum absolute atomic E-state index is 0.182. The summed E-state index contributed by atoms with van der Waals surface area (Å²) < 4.78 is 53.0. The lowest BCUT2D eigenvalue weighted by Gasteiger charge is -2.07. The number of rotatable bonds is 10. The van der Waals surface area contributed by atoms with E-state index in [-0.39, 0.29) is 6.61 Å². The van der Waals surface area contributed by atoms with Gasteiger partial charge in [-0.25, -0.2) is 9.97 Å². The summed E-state index contributed by atoms with van der Waals surface area (Å²) in [5.74, 6) is 1.37. The molecule has 0 atom stereocenters. The van der Waals surface area contributed by atoms with Crippen LogP contribution in [0.3, 0.4) is 0 Å². The molecular weight excluding hydrogens is 499 g/mol. The molecule has 5 aromatic rings. The number of aryl methyl sites for hydroxylation is 2. The van der Waals surface area contributed by atoms with E-state index in [9.17, 15) is 18.0 Å². The van der Waals surface area contributed by atoms with E-state index >= 15 is 0 Å². The summed E-state index contributed by atoms with van der Waals surface area (Å²) in [6, 6.07) is 10.5. The van der Waals surface area contributed by atoms with Crippen molar-refractivity contribution in [3.05, 3.63) is 95.9 Å². The van der Waals surface area contributed by atoms with E-state index in [2.05, 4.69) is 15.1 Å². The van der Waals surface area contributed by atoms with Crippen molar-refractivity contribution in [1.29, 1.82) is 0 Å². The van der Waals surface area contributed by atoms with Gasteiger partial charge in [0.2, 0.25) is 5.89 Å². The van der Waals surface area contributed by atoms with Crippen molar-refractivity contribution < 1.29 is 27.1 Å². The number of fused-ring (bicyclic) bond motifs is 1. The van der Waals surface area contributed by atoms with Crippen LogP contribution in [-0.2, 0) is 25.9 Å². The first-order valence-corrected chi connectivity index (χ1v) is 11.7. The van der Waals surface area contributed by atoms with Gasteiger partial charge in [-0.3, -0.25) is 9.48 Å². The Balaban J connectivity index is 1.15. The summed E-state index contributed by atoms with van der Waals surface area (Å²) in [6.07, 6.45) is 7.00. The molecule has 2 aromatic carbocycles. The first-order valence-electron chi connectivity index (χ1n) is 11.7. The molecule has 5 rings (SSSR count). The highest BCUT2D eigenvalue weighted by Crippen LogP contribution is 2.29. The van der Waals surface area contributed by atoms with Gasteiger partial charge in [-0.15, -0.1) is 0 Å². The van der Waals surface area contributed by atoms with Gasteiger partial charge in [0.25, 0.3) is 0 Å². The second-order valence-corrected chi connectivity index (χ2v) is 8.46. The molecule has 194 valence electrons. The Bertz CT molecular complexity index is 1560. The molecule has 0 amide bonds. The Kier molecular flexibility index (Phi) is 7.07. The van der Waals surface area contributed by atoms with Crippen LogP contribution in [-0.4, -0.2) is 30.6 Å². The molecular formula is C27H22F3N5O3. The average molecular weight is 521 g/mol. The van der Waals surface area contributed by atoms with Gasteiger partial charge in [0.1, 0.15) is 24.3 Å². The molecule has 0 spiro atoms. The van der Waals surface area contributed by atoms with Crippen molar-refractivity contribution in [3.8, 4) is 5.75 Å². The van der Waals surface area contributed by atoms with E-state index in [1.165, 1.54) is 18.4 Å². The SMILES string of the molecule is O=Cc1nccn1CCCn1ncc2cc(OCc3coc(/C=C/c4ccc(C(F)(F)F)cc4)n3)ccc21. The Hall–Kier alpha value is -4.67. The van der Waals surface area contributed by atoms with E-state index < -0.39 is 11.7 Å². The van der Waals surface area contributed by atoms with E-state index in [1.54, 1.807) is 30.7 Å². The topological polar surface area (TPSA) is 88.0 Å². The third-order valence-corrected chi connectivity index (χ3v) is 5.85. The fourth-order valence-electron chi connectivity index (χ4n) is 3.93. The summed E-state index contributed by atoms with van der Waals surface area (Å²) in [6.45, 7) is 1.53. The fraction of sp³-hybridized carbons (Fsp3) is 0.185. The number of carbonyl (C=O) groups is 1. The van der Waals surface area contributed by atoms with Crippen LogP contribution >= 0.6 is 0 Å². The number of nitrogens with zero attached hydrogens (tertiary/aromatic N) is 5. The molecule has 0 aliphatic rings. The molecule has 3 heterocycles. The first-order chi connectivity index (χ1) is 18.4. The number of aromatic nitrogens is 5. The van der Waals surface area contributed by atoms with E-state index in [1.807, 2.05) is 27.4 Å². The molecule has 3 aromatic heterocycles. The van der Waals surface area contributed by atoms with Gasteiger partial charge in [-0.05, 0) is 48.4 Å². The number of imidazole rings is 1. The van der Waals surface area contributed by atoms with Crippen molar-refractivity contribution in [1.82, 2.24) is 24.3 Å². The van der Waals surface area contributed by atoms with E-state index in [4.69, 9.17) is 9.15 Å². The maximum Gasteiger partial charge on any atom is 0.416 e. The van der Waals surface area contributed by atoms with Gasteiger partial charge in [0, 0.05) is 36.9 Å². The van der Waals surface area contributed by atoms with Gasteiger partial charge < -0.3 is 13.7 Å². The molecule has 0 radical (unpaired) electrons. The minimum Gasteiger partial charge on any atom is -0.487 e. The molecule has 0 N–H and O–H groups in total. The number of oxazole rings is 1. The maximum atomic E-state index is 12.7. The van der Waals surface area contributed by atoms with Crippen LogP contribution in [0.5, 0.6) is 5.75 Å². The second kappa shape index (κ2) is 10.8. The molecule has 38 heavy (non-hydrogen) atoms. The van der Waals surface area contributed by atoms with Crippen molar-refractivity contribution >= 4 is 29.3 Å². The van der Waals surface area contributed by atoms with E-state index in [0.717, 1.165) is 35.7 Å². The predicted molar refractivity (Wildman–Crippen MR) is 133 cm³/mol. The third kappa shape index (κ3) is 5.83. The van der Waals surface area contributed by atoms with Gasteiger partial charge in [-0.2, -0.15) is 18.3 Å². The Labute approximate surface area is 215 Å². The largest absolute Gasteiger partial charge is 0.487 e. The minimum atomic E-state index is -4.37. The first kappa shape index (κ1) is 25.0. The maximum absolute atomic E-state index is 12.7. The zero-order valence-electron chi connectivity index (χ0n) is 20.0. The summed E-state index contributed by atoms with van der Waals surface area (Å²) in [4.78, 5) is 19.3. The number of hydrogen-bond acceptors (Lipinski definition) is 6. The lowest BCUT2D eigenvalue weighted by Crippen LogP contribution is -2.07. The fourth-order valence-corrected chi connectivity index (χ4v) is 3.93. The second-order valence-electron chi connectivity index (χ2n) is 8.46. The molecule has 0 bridgehead atoms. The van der Waals surface area contributed by atoms with Crippen molar-refractivity contribution in [3.63, 3.8) is 0 Å². The molecule has 0 fully saturated rings. The van der Waals surface area contributed by atoms with E-state index in [0.29, 0.717) is 41.8 Å². The predicted octanol–water partition coefficient (Wildman–Crippen LogP) is 5.89. The third-order valence-electron chi connectivity index (χ3n) is 5.85. The molecule has 0 saturated carbocycles. The van der Waals surface area contributed by atoms with Crippen LogP contribution < -0.4 is 4.74 Å². The quantitative estimate of drug-likeness (QED) is 0.213. The molecule has 0 aliphatic carbocycles. The highest BCUT2D eigenvalue weighted by Gasteiger charge is 2.29. The molecule has 8 nitrogen and oxygen atoms in total. The summed E-state index contributed by atoms with van der Waals surface area (Å²) in [5.41, 5.74) is 1.43. The zero-order valence-corrected chi connectivity index (χ0v) is 20.0. The Morgan fingerprint density at radius 2 is 1.89 bits per heavy atom. The number of alkyl halides is 3. The number of halogens is 3. The Morgan fingerprint density at radius 3 is 2.68 bits per heavy atom. The summed E-state index contributed by atoms with van der Waals surface area (Å²) >= 11 is 0. The van der Waals surface area contributed by atoms with Gasteiger partial charge in [0.15, 0.2) is 12.1 Å². The molecule has 0 saturated heterocycles. The highest BCUT2D eigenvalue weighted by molar-refractivity contribution is 5.80. The van der Waals surface area contributed by atoms with Crippen molar-refractivity contribution in [2.75, 3.05) is 0 Å². The summed E-state index contributed by atoms with van der Waals surface area (Å²) in [5, 5.41) is 5.39. The van der Waals surface area contributed by atoms with Crippen molar-refractivity contribution in [2.24, 2.45) is 0 Å². The molecule has 0 unspecified atom stereocenters. The van der Waals surface area contributed by atoms with Crippen LogP contribution in [0, 0.1) is 0 Å². The Morgan fingerprint density at radius 1 is 1.05 bits per heavy atom. The van der Waals surface area contributed by atoms with Crippen molar-refractivity contribution in [2.45, 2.75) is 32.3 Å². The van der Waals surface area contributed by atoms with Gasteiger partial charge >= 0.3 is 6.18 Å². The number of benzene rings is 2. The molecule has 0 aliphatic heterocycles. The smallest absolute Gasteiger partial charge is 0.416 e. The lowest BCUT2D eigenvalue weighted by molar-refractivity contribution is -0.137. The van der Waals surface area contributed by atoms with Gasteiger partial charge in [-0.1, -0.05) is 12.1 Å². The normalized spacial score (nSPS) is 12.0. The van der Waals surface area contributed by atoms with Crippen LogP contribution in [0.2, 0.25) is 0 Å². The zero-order chi connectivity index (χ0) is 26.5. The van der Waals surface area contributed by atoms with Crippen LogP contribution in [0.15, 0.2) is 71.7 Å². The lowest BCUT2D eigenvalue weighted by atomic mass is 10.1. The number of hydrogen-bond donors (Lipinski definition) is 0. The van der Waals surface area contributed by atoms with Crippen LogP contribution in [0.1, 0.15) is 39.8 Å². The van der Waals surface area contributed by atoms with Crippen LogP contribution in [0.4, 0.5) is 13.2 Å². The number of aldehydes is 1. The molecule has 11 heteroatoms. The standard InChI is InChI=1S/C27H22F3N5O3/c28-27(29,30)21-5-2-19(3-6-21)4-9-26-33-22(18-38-26)17-37-23-7-8-24-20(14-23)15-32-35(24)12-1-11-34-13-10-31-25(34)16-36/h2-10,13-16,18H,1,11-12,17H2/b9-4+. The average Bonchev–Trinajstić information content (AvgIpc) is 3.66. The number of carbonyl (C=O) groups excluding carboxylic acids is 1. The van der Waals surface area contributed by atoms with Crippen LogP contribution in [0.25, 0.3) is 23.1 Å². The summed E-state index contributed by atoms with van der Waals surface area (Å²) in [7, 11) is 0.